The van der Waals surface area contributed by atoms with Gasteiger partial charge in [0.15, 0.2) is 0 Å². The Kier molecular flexibility index (Phi) is 5.08. The topological polar surface area (TPSA) is 61.4 Å². The lowest BCUT2D eigenvalue weighted by atomic mass is 9.73. The Labute approximate surface area is 122 Å². The molecule has 0 radical (unpaired) electrons. The van der Waals surface area contributed by atoms with Gasteiger partial charge in [0.2, 0.25) is 5.91 Å². The monoisotopic (exact) mass is 282 g/mol. The number of aliphatic hydroxyl groups is 1. The lowest BCUT2D eigenvalue weighted by molar-refractivity contribution is -0.136. The minimum absolute atomic E-state index is 0.0706. The molecule has 2 fully saturated rings. The fourth-order valence-corrected chi connectivity index (χ4v) is 3.98. The molecule has 20 heavy (non-hydrogen) atoms. The average molecular weight is 282 g/mol. The molecule has 1 amide bonds. The van der Waals surface area contributed by atoms with Gasteiger partial charge < -0.3 is 15.7 Å². The van der Waals surface area contributed by atoms with Gasteiger partial charge in [-0.05, 0) is 51.1 Å². The van der Waals surface area contributed by atoms with E-state index in [-0.39, 0.29) is 23.5 Å². The van der Waals surface area contributed by atoms with Crippen LogP contribution in [-0.2, 0) is 4.79 Å². The maximum atomic E-state index is 12.8. The maximum Gasteiger partial charge on any atom is 0.226 e. The molecule has 116 valence electrons. The summed E-state index contributed by atoms with van der Waals surface area (Å²) >= 11 is 0. The van der Waals surface area contributed by atoms with Crippen molar-refractivity contribution in [3.8, 4) is 0 Å². The summed E-state index contributed by atoms with van der Waals surface area (Å²) in [5.74, 6) is 0.756. The standard InChI is InChI=1S/C16H30N2O2/c1-3-15(7-9-17-10-8-15)14(20)18-16(12-19)6-4-5-13(2)11-16/h13,17,19H,3-12H2,1-2H3,(H,18,20). The molecule has 2 rings (SSSR count). The number of piperidine rings is 1. The summed E-state index contributed by atoms with van der Waals surface area (Å²) in [5, 5.41) is 16.4. The van der Waals surface area contributed by atoms with Crippen molar-refractivity contribution in [2.75, 3.05) is 19.7 Å². The van der Waals surface area contributed by atoms with Crippen molar-refractivity contribution in [1.82, 2.24) is 10.6 Å². The number of hydrogen-bond donors (Lipinski definition) is 3. The molecule has 2 aliphatic rings. The molecule has 4 heteroatoms. The van der Waals surface area contributed by atoms with Crippen LogP contribution in [0.3, 0.4) is 0 Å². The predicted octanol–water partition coefficient (Wildman–Crippen LogP) is 1.82. The fourth-order valence-electron chi connectivity index (χ4n) is 3.98. The van der Waals surface area contributed by atoms with Crippen LogP contribution in [0.15, 0.2) is 0 Å². The van der Waals surface area contributed by atoms with Crippen molar-refractivity contribution < 1.29 is 9.90 Å². The molecule has 1 aliphatic carbocycles. The van der Waals surface area contributed by atoms with Crippen LogP contribution < -0.4 is 10.6 Å². The first kappa shape index (κ1) is 15.8. The second-order valence-electron chi connectivity index (χ2n) is 6.98. The minimum atomic E-state index is -0.373. The number of carbonyl (C=O) groups excluding carboxylic acids is 1. The van der Waals surface area contributed by atoms with Crippen LogP contribution in [0.1, 0.15) is 58.8 Å². The molecule has 0 aromatic rings. The zero-order chi connectivity index (χ0) is 14.6. The number of nitrogens with one attached hydrogen (secondary N) is 2. The number of carbonyl (C=O) groups is 1. The van der Waals surface area contributed by atoms with Gasteiger partial charge in [-0.15, -0.1) is 0 Å². The van der Waals surface area contributed by atoms with E-state index in [4.69, 9.17) is 0 Å². The van der Waals surface area contributed by atoms with E-state index in [1.165, 1.54) is 6.42 Å². The van der Waals surface area contributed by atoms with Gasteiger partial charge >= 0.3 is 0 Å². The molecular formula is C16H30N2O2. The Morgan fingerprint density at radius 3 is 2.60 bits per heavy atom. The highest BCUT2D eigenvalue weighted by Gasteiger charge is 2.43. The van der Waals surface area contributed by atoms with Crippen molar-refractivity contribution in [3.63, 3.8) is 0 Å². The molecule has 2 atom stereocenters. The van der Waals surface area contributed by atoms with E-state index in [9.17, 15) is 9.90 Å². The summed E-state index contributed by atoms with van der Waals surface area (Å²) < 4.78 is 0. The third kappa shape index (κ3) is 3.17. The Balaban J connectivity index is 2.07. The van der Waals surface area contributed by atoms with E-state index in [1.54, 1.807) is 0 Å². The van der Waals surface area contributed by atoms with Gasteiger partial charge in [0, 0.05) is 0 Å². The van der Waals surface area contributed by atoms with Gasteiger partial charge in [0.25, 0.3) is 0 Å². The summed E-state index contributed by atoms with van der Waals surface area (Å²) in [4.78, 5) is 12.8. The van der Waals surface area contributed by atoms with Gasteiger partial charge in [-0.2, -0.15) is 0 Å². The van der Waals surface area contributed by atoms with Crippen molar-refractivity contribution in [1.29, 1.82) is 0 Å². The number of rotatable bonds is 4. The first-order valence-corrected chi connectivity index (χ1v) is 8.20. The summed E-state index contributed by atoms with van der Waals surface area (Å²) in [5.41, 5.74) is -0.601. The van der Waals surface area contributed by atoms with Crippen molar-refractivity contribution in [2.45, 2.75) is 64.3 Å². The Morgan fingerprint density at radius 1 is 1.35 bits per heavy atom. The van der Waals surface area contributed by atoms with Gasteiger partial charge in [0.05, 0.1) is 17.6 Å². The van der Waals surface area contributed by atoms with Gasteiger partial charge in [-0.1, -0.05) is 26.7 Å². The smallest absolute Gasteiger partial charge is 0.226 e. The summed E-state index contributed by atoms with van der Waals surface area (Å²) in [6, 6.07) is 0. The molecule has 2 unspecified atom stereocenters. The molecule has 1 heterocycles. The third-order valence-electron chi connectivity index (χ3n) is 5.49. The number of aliphatic hydroxyl groups excluding tert-OH is 1. The van der Waals surface area contributed by atoms with Crippen LogP contribution in [0.25, 0.3) is 0 Å². The largest absolute Gasteiger partial charge is 0.394 e. The van der Waals surface area contributed by atoms with Crippen molar-refractivity contribution in [2.24, 2.45) is 11.3 Å². The van der Waals surface area contributed by atoms with Crippen LogP contribution in [0.4, 0.5) is 0 Å². The molecular weight excluding hydrogens is 252 g/mol. The number of hydrogen-bond acceptors (Lipinski definition) is 3. The van der Waals surface area contributed by atoms with Crippen LogP contribution in [0, 0.1) is 11.3 Å². The summed E-state index contributed by atoms with van der Waals surface area (Å²) in [7, 11) is 0. The van der Waals surface area contributed by atoms with Crippen LogP contribution in [0.2, 0.25) is 0 Å². The molecule has 3 N–H and O–H groups in total. The Morgan fingerprint density at radius 2 is 2.05 bits per heavy atom. The molecule has 1 aliphatic heterocycles. The van der Waals surface area contributed by atoms with Crippen LogP contribution in [-0.4, -0.2) is 36.2 Å². The Hall–Kier alpha value is -0.610. The Bertz CT molecular complexity index is 339. The second kappa shape index (κ2) is 6.44. The number of amides is 1. The minimum Gasteiger partial charge on any atom is -0.394 e. The molecule has 4 nitrogen and oxygen atoms in total. The molecule has 0 bridgehead atoms. The molecule has 1 saturated carbocycles. The van der Waals surface area contributed by atoms with E-state index in [0.29, 0.717) is 5.92 Å². The first-order valence-electron chi connectivity index (χ1n) is 8.20. The molecule has 1 saturated heterocycles. The maximum absolute atomic E-state index is 12.8. The highest BCUT2D eigenvalue weighted by molar-refractivity contribution is 5.83. The summed E-state index contributed by atoms with van der Waals surface area (Å²) in [6.45, 7) is 6.24. The zero-order valence-corrected chi connectivity index (χ0v) is 13.0. The summed E-state index contributed by atoms with van der Waals surface area (Å²) in [6.07, 6.45) is 6.84. The van der Waals surface area contributed by atoms with Crippen molar-refractivity contribution >= 4 is 5.91 Å². The van der Waals surface area contributed by atoms with Crippen LogP contribution in [0.5, 0.6) is 0 Å². The lowest BCUT2D eigenvalue weighted by Gasteiger charge is -2.43. The third-order valence-corrected chi connectivity index (χ3v) is 5.49. The van der Waals surface area contributed by atoms with Gasteiger partial charge in [-0.3, -0.25) is 4.79 Å². The molecule has 0 spiro atoms. The van der Waals surface area contributed by atoms with Gasteiger partial charge in [0.1, 0.15) is 0 Å². The van der Waals surface area contributed by atoms with Crippen LogP contribution >= 0.6 is 0 Å². The SMILES string of the molecule is CCC1(C(=O)NC2(CO)CCCC(C)C2)CCNCC1. The van der Waals surface area contributed by atoms with E-state index in [0.717, 1.165) is 51.6 Å². The van der Waals surface area contributed by atoms with Crippen molar-refractivity contribution in [3.05, 3.63) is 0 Å². The molecule has 0 aromatic heterocycles. The quantitative estimate of drug-likeness (QED) is 0.737. The second-order valence-corrected chi connectivity index (χ2v) is 6.98. The fraction of sp³-hybridized carbons (Fsp3) is 0.938. The van der Waals surface area contributed by atoms with Gasteiger partial charge in [-0.25, -0.2) is 0 Å². The van der Waals surface area contributed by atoms with E-state index in [2.05, 4.69) is 24.5 Å². The molecule has 0 aromatic carbocycles. The predicted molar refractivity (Wildman–Crippen MR) is 80.4 cm³/mol. The van der Waals surface area contributed by atoms with E-state index >= 15 is 0 Å². The first-order chi connectivity index (χ1) is 9.56. The lowest BCUT2D eigenvalue weighted by Crippen LogP contribution is -2.59. The zero-order valence-electron chi connectivity index (χ0n) is 13.0. The van der Waals surface area contributed by atoms with E-state index < -0.39 is 0 Å². The highest BCUT2D eigenvalue weighted by atomic mass is 16.3. The average Bonchev–Trinajstić information content (AvgIpc) is 2.48. The van der Waals surface area contributed by atoms with E-state index in [1.807, 2.05) is 0 Å². The normalized spacial score (nSPS) is 33.6. The highest BCUT2D eigenvalue weighted by Crippen LogP contribution is 2.36.